The summed E-state index contributed by atoms with van der Waals surface area (Å²) in [6.07, 6.45) is 5.48. The number of hydrogen-bond acceptors (Lipinski definition) is 7. The highest BCUT2D eigenvalue weighted by Gasteiger charge is 2.33. The molecule has 4 heterocycles. The van der Waals surface area contributed by atoms with Crippen molar-refractivity contribution in [3.63, 3.8) is 0 Å². The van der Waals surface area contributed by atoms with Gasteiger partial charge in [0, 0.05) is 51.2 Å². The Morgan fingerprint density at radius 1 is 1.15 bits per heavy atom. The van der Waals surface area contributed by atoms with Gasteiger partial charge in [-0.15, -0.1) is 0 Å². The fourth-order valence-corrected chi connectivity index (χ4v) is 4.04. The molecule has 2 aromatic heterocycles. The van der Waals surface area contributed by atoms with Gasteiger partial charge in [0.2, 0.25) is 5.95 Å². The minimum absolute atomic E-state index is 0.218. The third-order valence-electron chi connectivity index (χ3n) is 5.71. The largest absolute Gasteiger partial charge is 0.341 e. The Bertz CT molecular complexity index is 1230. The van der Waals surface area contributed by atoms with E-state index in [-0.39, 0.29) is 11.6 Å². The predicted molar refractivity (Wildman–Crippen MR) is 118 cm³/mol. The first-order chi connectivity index (χ1) is 16.1. The van der Waals surface area contributed by atoms with Gasteiger partial charge in [-0.3, -0.25) is 5.10 Å². The molecule has 2 aliphatic rings. The molecular formula is C22H20FN9O. The molecular weight excluding hydrogens is 425 g/mol. The van der Waals surface area contributed by atoms with Crippen LogP contribution < -0.4 is 4.90 Å². The van der Waals surface area contributed by atoms with Crippen LogP contribution in [-0.4, -0.2) is 68.5 Å². The highest BCUT2D eigenvalue weighted by atomic mass is 19.1. The second-order valence-electron chi connectivity index (χ2n) is 7.75. The molecule has 2 amide bonds. The zero-order valence-corrected chi connectivity index (χ0v) is 17.6. The average molecular weight is 445 g/mol. The highest BCUT2D eigenvalue weighted by Crippen LogP contribution is 2.30. The van der Waals surface area contributed by atoms with Gasteiger partial charge in [-0.25, -0.2) is 24.2 Å². The Labute approximate surface area is 189 Å². The zero-order valence-electron chi connectivity index (χ0n) is 17.6. The van der Waals surface area contributed by atoms with E-state index < -0.39 is 11.9 Å². The van der Waals surface area contributed by atoms with Crippen molar-refractivity contribution in [2.75, 3.05) is 31.1 Å². The van der Waals surface area contributed by atoms with E-state index in [1.54, 1.807) is 29.6 Å². The van der Waals surface area contributed by atoms with Crippen molar-refractivity contribution in [2.45, 2.75) is 12.5 Å². The Morgan fingerprint density at radius 3 is 2.76 bits per heavy atom. The van der Waals surface area contributed by atoms with E-state index in [1.165, 1.54) is 17.1 Å². The number of piperazine rings is 1. The number of hydrogen-bond donors (Lipinski definition) is 1. The van der Waals surface area contributed by atoms with Crippen LogP contribution in [0, 0.1) is 17.1 Å². The van der Waals surface area contributed by atoms with Crippen molar-refractivity contribution in [2.24, 2.45) is 5.10 Å². The fourth-order valence-electron chi connectivity index (χ4n) is 4.04. The van der Waals surface area contributed by atoms with E-state index in [0.29, 0.717) is 44.1 Å². The molecule has 0 saturated carbocycles. The van der Waals surface area contributed by atoms with Crippen LogP contribution in [0.4, 0.5) is 15.1 Å². The number of amides is 2. The number of aromatic nitrogens is 4. The fraction of sp³-hybridized carbons (Fsp3) is 0.273. The number of hydrazone groups is 1. The van der Waals surface area contributed by atoms with Gasteiger partial charge in [0.05, 0.1) is 29.1 Å². The lowest BCUT2D eigenvalue weighted by molar-refractivity contribution is 0.139. The Hall–Kier alpha value is -4.33. The Morgan fingerprint density at radius 2 is 2.00 bits per heavy atom. The summed E-state index contributed by atoms with van der Waals surface area (Å²) in [6, 6.07) is 9.05. The molecule has 0 bridgehead atoms. The number of nitrogens with one attached hydrogen (secondary N) is 1. The third kappa shape index (κ3) is 4.10. The summed E-state index contributed by atoms with van der Waals surface area (Å²) in [7, 11) is 0. The summed E-state index contributed by atoms with van der Waals surface area (Å²) in [5.41, 5.74) is 2.33. The summed E-state index contributed by atoms with van der Waals surface area (Å²) in [6.45, 7) is 2.08. The van der Waals surface area contributed by atoms with Crippen LogP contribution in [0.1, 0.15) is 23.6 Å². The molecule has 1 fully saturated rings. The summed E-state index contributed by atoms with van der Waals surface area (Å²) < 4.78 is 13.9. The van der Waals surface area contributed by atoms with Crippen molar-refractivity contribution in [3.05, 3.63) is 59.7 Å². The molecule has 33 heavy (non-hydrogen) atoms. The van der Waals surface area contributed by atoms with Gasteiger partial charge in [-0.05, 0) is 35.9 Å². The number of benzene rings is 1. The van der Waals surface area contributed by atoms with Crippen molar-refractivity contribution < 1.29 is 9.18 Å². The lowest BCUT2D eigenvalue weighted by Crippen LogP contribution is -2.52. The van der Waals surface area contributed by atoms with Gasteiger partial charge in [0.25, 0.3) is 0 Å². The second kappa shape index (κ2) is 8.66. The highest BCUT2D eigenvalue weighted by molar-refractivity contribution is 5.79. The van der Waals surface area contributed by atoms with Crippen LogP contribution in [0.2, 0.25) is 0 Å². The van der Waals surface area contributed by atoms with Crippen LogP contribution in [0.5, 0.6) is 0 Å². The van der Waals surface area contributed by atoms with Crippen LogP contribution in [0.3, 0.4) is 0 Å². The molecule has 2 aliphatic heterocycles. The topological polar surface area (TPSA) is 117 Å². The predicted octanol–water partition coefficient (Wildman–Crippen LogP) is 2.55. The van der Waals surface area contributed by atoms with Crippen LogP contribution >= 0.6 is 0 Å². The summed E-state index contributed by atoms with van der Waals surface area (Å²) in [4.78, 5) is 25.9. The Kier molecular flexibility index (Phi) is 5.40. The first kappa shape index (κ1) is 20.6. The number of carbonyl (C=O) groups excluding carboxylic acids is 1. The molecule has 3 aromatic rings. The van der Waals surface area contributed by atoms with Gasteiger partial charge < -0.3 is 9.80 Å². The smallest absolute Gasteiger partial charge is 0.337 e. The van der Waals surface area contributed by atoms with Gasteiger partial charge in [0.15, 0.2) is 0 Å². The maximum Gasteiger partial charge on any atom is 0.341 e. The van der Waals surface area contributed by atoms with Gasteiger partial charge in [-0.1, -0.05) is 0 Å². The van der Waals surface area contributed by atoms with E-state index in [4.69, 9.17) is 5.26 Å². The first-order valence-corrected chi connectivity index (χ1v) is 10.5. The third-order valence-corrected chi connectivity index (χ3v) is 5.71. The van der Waals surface area contributed by atoms with Gasteiger partial charge >= 0.3 is 6.03 Å². The van der Waals surface area contributed by atoms with Crippen LogP contribution in [0.25, 0.3) is 11.4 Å². The lowest BCUT2D eigenvalue weighted by atomic mass is 10.0. The van der Waals surface area contributed by atoms with Gasteiger partial charge in [-0.2, -0.15) is 15.5 Å². The maximum atomic E-state index is 13.9. The number of rotatable bonds is 3. The lowest BCUT2D eigenvalue weighted by Gasteiger charge is -2.37. The van der Waals surface area contributed by atoms with E-state index in [0.717, 1.165) is 11.4 Å². The molecule has 0 radical (unpaired) electrons. The number of carbonyl (C=O) groups is 1. The standard InChI is InChI=1S/C22H20FN9O/c23-17-12-15(14-24)11-16(13-17)20-3-6-27-32(20)22(33)31-9-7-30(8-10-31)21-25-4-1-18(28-21)19-2-5-26-29-19/h1-2,4-6,11-13,20H,3,7-10H2,(H,26,29)/t20-/m0/s1. The van der Waals surface area contributed by atoms with Gasteiger partial charge in [0.1, 0.15) is 5.82 Å². The van der Waals surface area contributed by atoms with Crippen LogP contribution in [0.15, 0.2) is 47.8 Å². The SMILES string of the molecule is N#Cc1cc(F)cc([C@@H]2CC=NN2C(=O)N2CCN(c3nccc(-c4ccn[nH]4)n3)CC2)c1. The molecule has 11 heteroatoms. The number of urea groups is 1. The molecule has 0 spiro atoms. The molecule has 10 nitrogen and oxygen atoms in total. The Balaban J connectivity index is 1.26. The molecule has 1 N–H and O–H groups in total. The second-order valence-corrected chi connectivity index (χ2v) is 7.75. The van der Waals surface area contributed by atoms with E-state index in [2.05, 4.69) is 25.3 Å². The molecule has 166 valence electrons. The van der Waals surface area contributed by atoms with Crippen LogP contribution in [-0.2, 0) is 0 Å². The zero-order chi connectivity index (χ0) is 22.8. The average Bonchev–Trinajstić information content (AvgIpc) is 3.56. The number of H-pyrrole nitrogens is 1. The van der Waals surface area contributed by atoms with E-state index >= 15 is 0 Å². The molecule has 1 atom stereocenters. The van der Waals surface area contributed by atoms with E-state index in [9.17, 15) is 9.18 Å². The van der Waals surface area contributed by atoms with Crippen molar-refractivity contribution in [1.82, 2.24) is 30.1 Å². The monoisotopic (exact) mass is 445 g/mol. The number of halogens is 1. The van der Waals surface area contributed by atoms with Crippen molar-refractivity contribution in [1.29, 1.82) is 5.26 Å². The summed E-state index contributed by atoms with van der Waals surface area (Å²) in [5.74, 6) is 0.0874. The number of aromatic amines is 1. The van der Waals surface area contributed by atoms with E-state index in [1.807, 2.05) is 23.1 Å². The minimum Gasteiger partial charge on any atom is -0.337 e. The summed E-state index contributed by atoms with van der Waals surface area (Å²) >= 11 is 0. The maximum absolute atomic E-state index is 13.9. The van der Waals surface area contributed by atoms with Crippen molar-refractivity contribution >= 4 is 18.2 Å². The summed E-state index contributed by atoms with van der Waals surface area (Å²) in [5, 5.41) is 21.6. The van der Waals surface area contributed by atoms with Crippen molar-refractivity contribution in [3.8, 4) is 17.5 Å². The minimum atomic E-state index is -0.505. The quantitative estimate of drug-likeness (QED) is 0.662. The normalized spacial score (nSPS) is 17.9. The first-order valence-electron chi connectivity index (χ1n) is 10.5. The molecule has 5 rings (SSSR count). The molecule has 0 unspecified atom stereocenters. The molecule has 1 aromatic carbocycles. The molecule has 0 aliphatic carbocycles. The molecule has 1 saturated heterocycles. The number of nitrogens with zero attached hydrogens (tertiary/aromatic N) is 8. The number of nitriles is 1. The number of anilines is 1.